The first kappa shape index (κ1) is 11.1. The molecule has 1 aromatic carbocycles. The maximum atomic E-state index is 3.58. The summed E-state index contributed by atoms with van der Waals surface area (Å²) in [6.45, 7) is 5.50. The van der Waals surface area contributed by atoms with E-state index in [2.05, 4.69) is 61.7 Å². The highest BCUT2D eigenvalue weighted by molar-refractivity contribution is 5.76. The van der Waals surface area contributed by atoms with Gasteiger partial charge < -0.3 is 15.5 Å². The molecule has 2 rings (SSSR count). The number of hydrogen-bond acceptors (Lipinski definition) is 3. The second-order valence-corrected chi connectivity index (χ2v) is 5.00. The van der Waals surface area contributed by atoms with E-state index in [1.54, 1.807) is 0 Å². The van der Waals surface area contributed by atoms with Gasteiger partial charge in [0.25, 0.3) is 0 Å². The Morgan fingerprint density at radius 1 is 1.25 bits per heavy atom. The van der Waals surface area contributed by atoms with Gasteiger partial charge in [0.15, 0.2) is 0 Å². The van der Waals surface area contributed by atoms with Crippen LogP contribution in [-0.2, 0) is 0 Å². The number of fused-ring (bicyclic) bond motifs is 1. The minimum absolute atomic E-state index is 0.526. The van der Waals surface area contributed by atoms with Crippen LogP contribution in [0.15, 0.2) is 18.2 Å². The van der Waals surface area contributed by atoms with E-state index in [1.165, 1.54) is 17.1 Å². The Morgan fingerprint density at radius 2 is 2.00 bits per heavy atom. The Balaban J connectivity index is 2.22. The van der Waals surface area contributed by atoms with Crippen LogP contribution in [0.5, 0.6) is 0 Å². The van der Waals surface area contributed by atoms with E-state index in [4.69, 9.17) is 0 Å². The average Bonchev–Trinajstić information content (AvgIpc) is 2.27. The first-order valence-electron chi connectivity index (χ1n) is 5.89. The minimum Gasteiger partial charge on any atom is -0.381 e. The highest BCUT2D eigenvalue weighted by Gasteiger charge is 2.19. The molecule has 0 saturated carbocycles. The van der Waals surface area contributed by atoms with Gasteiger partial charge in [0.1, 0.15) is 0 Å². The van der Waals surface area contributed by atoms with Crippen molar-refractivity contribution >= 4 is 17.1 Å². The second-order valence-electron chi connectivity index (χ2n) is 5.00. The molecule has 3 nitrogen and oxygen atoms in total. The van der Waals surface area contributed by atoms with Crippen molar-refractivity contribution in [1.29, 1.82) is 0 Å². The van der Waals surface area contributed by atoms with Gasteiger partial charge in [0.2, 0.25) is 0 Å². The largest absolute Gasteiger partial charge is 0.381 e. The summed E-state index contributed by atoms with van der Waals surface area (Å²) in [5.74, 6) is 0.647. The van der Waals surface area contributed by atoms with Crippen molar-refractivity contribution in [3.8, 4) is 0 Å². The van der Waals surface area contributed by atoms with Crippen LogP contribution in [-0.4, -0.2) is 26.7 Å². The van der Waals surface area contributed by atoms with E-state index in [0.29, 0.717) is 12.0 Å². The van der Waals surface area contributed by atoms with Crippen molar-refractivity contribution in [2.45, 2.75) is 19.9 Å². The van der Waals surface area contributed by atoms with Crippen molar-refractivity contribution in [1.82, 2.24) is 0 Å². The molecular formula is C13H21N3. The summed E-state index contributed by atoms with van der Waals surface area (Å²) in [5.41, 5.74) is 3.66. The van der Waals surface area contributed by atoms with Gasteiger partial charge in [-0.2, -0.15) is 0 Å². The van der Waals surface area contributed by atoms with E-state index >= 15 is 0 Å². The molecule has 0 saturated heterocycles. The highest BCUT2D eigenvalue weighted by atomic mass is 15.1. The lowest BCUT2D eigenvalue weighted by atomic mass is 10.0. The summed E-state index contributed by atoms with van der Waals surface area (Å²) in [6.07, 6.45) is 0. The zero-order valence-electron chi connectivity index (χ0n) is 10.5. The summed E-state index contributed by atoms with van der Waals surface area (Å²) in [6, 6.07) is 7.03. The molecule has 0 fully saturated rings. The molecule has 1 aliphatic rings. The van der Waals surface area contributed by atoms with Crippen LogP contribution in [0.3, 0.4) is 0 Å². The quantitative estimate of drug-likeness (QED) is 0.800. The average molecular weight is 219 g/mol. The molecule has 0 aliphatic carbocycles. The van der Waals surface area contributed by atoms with Gasteiger partial charge >= 0.3 is 0 Å². The molecule has 0 amide bonds. The highest BCUT2D eigenvalue weighted by Crippen LogP contribution is 2.31. The van der Waals surface area contributed by atoms with Crippen molar-refractivity contribution in [2.75, 3.05) is 36.2 Å². The summed E-state index contributed by atoms with van der Waals surface area (Å²) in [5, 5.41) is 7.08. The second kappa shape index (κ2) is 4.24. The Kier molecular flexibility index (Phi) is 2.95. The number of hydrogen-bond donors (Lipinski definition) is 2. The zero-order chi connectivity index (χ0) is 11.7. The molecule has 2 N–H and O–H groups in total. The fourth-order valence-corrected chi connectivity index (χ4v) is 1.96. The van der Waals surface area contributed by atoms with Crippen molar-refractivity contribution < 1.29 is 0 Å². The topological polar surface area (TPSA) is 27.3 Å². The summed E-state index contributed by atoms with van der Waals surface area (Å²) in [7, 11) is 4.13. The molecule has 1 atom stereocenters. The first-order chi connectivity index (χ1) is 7.58. The van der Waals surface area contributed by atoms with Crippen molar-refractivity contribution in [2.24, 2.45) is 5.92 Å². The predicted molar refractivity (Wildman–Crippen MR) is 71.5 cm³/mol. The van der Waals surface area contributed by atoms with Gasteiger partial charge in [-0.15, -0.1) is 0 Å². The SMILES string of the molecule is CC(C)[C@H]1CNc2cc(N(C)C)ccc2N1. The molecule has 0 spiro atoms. The maximum Gasteiger partial charge on any atom is 0.0597 e. The number of benzene rings is 1. The van der Waals surface area contributed by atoms with Gasteiger partial charge in [-0.05, 0) is 24.1 Å². The van der Waals surface area contributed by atoms with E-state index in [9.17, 15) is 0 Å². The fourth-order valence-electron chi connectivity index (χ4n) is 1.96. The Hall–Kier alpha value is -1.38. The monoisotopic (exact) mass is 219 g/mol. The van der Waals surface area contributed by atoms with Crippen molar-refractivity contribution in [3.63, 3.8) is 0 Å². The molecule has 0 unspecified atom stereocenters. The van der Waals surface area contributed by atoms with Crippen LogP contribution in [0.1, 0.15) is 13.8 Å². The smallest absolute Gasteiger partial charge is 0.0597 e. The third-order valence-corrected chi connectivity index (χ3v) is 3.18. The third-order valence-electron chi connectivity index (χ3n) is 3.18. The van der Waals surface area contributed by atoms with Gasteiger partial charge in [-0.25, -0.2) is 0 Å². The summed E-state index contributed by atoms with van der Waals surface area (Å²) < 4.78 is 0. The van der Waals surface area contributed by atoms with E-state index in [0.717, 1.165) is 6.54 Å². The molecule has 1 aromatic rings. The summed E-state index contributed by atoms with van der Waals surface area (Å²) in [4.78, 5) is 2.12. The standard InChI is InChI=1S/C13H21N3/c1-9(2)13-8-14-12-7-10(16(3)4)5-6-11(12)15-13/h5-7,9,13-15H,8H2,1-4H3/t13-/m1/s1. The van der Waals surface area contributed by atoms with Gasteiger partial charge in [0.05, 0.1) is 11.4 Å². The Morgan fingerprint density at radius 3 is 2.62 bits per heavy atom. The number of rotatable bonds is 2. The molecule has 16 heavy (non-hydrogen) atoms. The van der Waals surface area contributed by atoms with Crippen LogP contribution in [0, 0.1) is 5.92 Å². The van der Waals surface area contributed by atoms with Gasteiger partial charge in [0, 0.05) is 32.4 Å². The molecule has 0 bridgehead atoms. The van der Waals surface area contributed by atoms with Crippen LogP contribution in [0.25, 0.3) is 0 Å². The number of nitrogens with zero attached hydrogens (tertiary/aromatic N) is 1. The molecule has 88 valence electrons. The minimum atomic E-state index is 0.526. The molecule has 0 radical (unpaired) electrons. The zero-order valence-corrected chi connectivity index (χ0v) is 10.5. The first-order valence-corrected chi connectivity index (χ1v) is 5.89. The van der Waals surface area contributed by atoms with Crippen molar-refractivity contribution in [3.05, 3.63) is 18.2 Å². The molecule has 1 heterocycles. The lowest BCUT2D eigenvalue weighted by Gasteiger charge is -2.31. The molecule has 0 aromatic heterocycles. The lowest BCUT2D eigenvalue weighted by molar-refractivity contribution is 0.536. The predicted octanol–water partition coefficient (Wildman–Crippen LogP) is 2.61. The fraction of sp³-hybridized carbons (Fsp3) is 0.538. The van der Waals surface area contributed by atoms with Crippen LogP contribution < -0.4 is 15.5 Å². The van der Waals surface area contributed by atoms with Crippen LogP contribution in [0.2, 0.25) is 0 Å². The number of nitrogens with one attached hydrogen (secondary N) is 2. The number of anilines is 3. The molecular weight excluding hydrogens is 198 g/mol. The maximum absolute atomic E-state index is 3.58. The third kappa shape index (κ3) is 2.08. The van der Waals surface area contributed by atoms with E-state index in [1.807, 2.05) is 0 Å². The molecule has 1 aliphatic heterocycles. The summed E-state index contributed by atoms with van der Waals surface area (Å²) >= 11 is 0. The van der Waals surface area contributed by atoms with E-state index < -0.39 is 0 Å². The Bertz CT molecular complexity index is 371. The van der Waals surface area contributed by atoms with E-state index in [-0.39, 0.29) is 0 Å². The lowest BCUT2D eigenvalue weighted by Crippen LogP contribution is -2.37. The van der Waals surface area contributed by atoms with Crippen LogP contribution >= 0.6 is 0 Å². The Labute approximate surface area is 97.8 Å². The normalized spacial score (nSPS) is 18.7. The van der Waals surface area contributed by atoms with Gasteiger partial charge in [-0.1, -0.05) is 13.8 Å². The van der Waals surface area contributed by atoms with Gasteiger partial charge in [-0.3, -0.25) is 0 Å². The molecule has 3 heteroatoms. The van der Waals surface area contributed by atoms with Crippen LogP contribution in [0.4, 0.5) is 17.1 Å².